The molecule has 4 heteroatoms. The first-order valence-corrected chi connectivity index (χ1v) is 6.78. The molecule has 0 amide bonds. The zero-order valence-electron chi connectivity index (χ0n) is 11.3. The third kappa shape index (κ3) is 3.70. The average molecular weight is 263 g/mol. The molecule has 104 valence electrons. The summed E-state index contributed by atoms with van der Waals surface area (Å²) in [6.45, 7) is 0.770. The second kappa shape index (κ2) is 6.57. The zero-order valence-corrected chi connectivity index (χ0v) is 11.3. The van der Waals surface area contributed by atoms with Crippen LogP contribution in [0.5, 0.6) is 5.75 Å². The highest BCUT2D eigenvalue weighted by Gasteiger charge is 2.25. The molecule has 0 spiro atoms. The number of nitrogens with one attached hydrogen (secondary N) is 1. The summed E-state index contributed by atoms with van der Waals surface area (Å²) in [4.78, 5) is 10.9. The van der Waals surface area contributed by atoms with Crippen LogP contribution in [0.25, 0.3) is 0 Å². The fourth-order valence-electron chi connectivity index (χ4n) is 2.65. The van der Waals surface area contributed by atoms with Crippen molar-refractivity contribution >= 4 is 5.97 Å². The molecule has 1 saturated carbocycles. The highest BCUT2D eigenvalue weighted by atomic mass is 16.5. The van der Waals surface area contributed by atoms with E-state index < -0.39 is 5.97 Å². The normalized spacial score (nSPS) is 23.0. The number of carboxylic acid groups (broad SMARTS) is 1. The molecular weight excluding hydrogens is 242 g/mol. The Kier molecular flexibility index (Phi) is 4.80. The summed E-state index contributed by atoms with van der Waals surface area (Å²) in [5.74, 6) is 0.0988. The van der Waals surface area contributed by atoms with Gasteiger partial charge in [0.25, 0.3) is 0 Å². The van der Waals surface area contributed by atoms with Crippen LogP contribution in [0, 0.1) is 5.92 Å². The minimum Gasteiger partial charge on any atom is -0.496 e. The molecule has 0 atom stereocenters. The Morgan fingerprint density at radius 2 is 2.00 bits per heavy atom. The number of benzene rings is 1. The molecule has 19 heavy (non-hydrogen) atoms. The van der Waals surface area contributed by atoms with E-state index in [2.05, 4.69) is 11.4 Å². The number of hydrogen-bond donors (Lipinski definition) is 2. The summed E-state index contributed by atoms with van der Waals surface area (Å²) in [5.41, 5.74) is 1.14. The molecular formula is C15H21NO3. The Labute approximate surface area is 113 Å². The monoisotopic (exact) mass is 263 g/mol. The molecule has 4 nitrogen and oxygen atoms in total. The van der Waals surface area contributed by atoms with E-state index in [9.17, 15) is 4.79 Å². The van der Waals surface area contributed by atoms with Gasteiger partial charge in [-0.15, -0.1) is 0 Å². The van der Waals surface area contributed by atoms with Gasteiger partial charge in [0, 0.05) is 18.2 Å². The van der Waals surface area contributed by atoms with Gasteiger partial charge in [-0.25, -0.2) is 0 Å². The lowest BCUT2D eigenvalue weighted by molar-refractivity contribution is -0.142. The molecule has 2 N–H and O–H groups in total. The third-order valence-corrected chi connectivity index (χ3v) is 3.85. The topological polar surface area (TPSA) is 58.6 Å². The number of para-hydroxylation sites is 1. The van der Waals surface area contributed by atoms with Crippen molar-refractivity contribution in [2.24, 2.45) is 5.92 Å². The Morgan fingerprint density at radius 1 is 1.32 bits per heavy atom. The Hall–Kier alpha value is -1.55. The maximum absolute atomic E-state index is 10.9. The molecule has 1 aromatic carbocycles. The molecule has 0 saturated heterocycles. The predicted octanol–water partition coefficient (Wildman–Crippen LogP) is 2.43. The van der Waals surface area contributed by atoms with Crippen molar-refractivity contribution in [3.05, 3.63) is 29.8 Å². The van der Waals surface area contributed by atoms with Crippen LogP contribution in [0.4, 0.5) is 0 Å². The lowest BCUT2D eigenvalue weighted by Crippen LogP contribution is -2.34. The van der Waals surface area contributed by atoms with E-state index in [4.69, 9.17) is 9.84 Å². The molecule has 1 aliphatic carbocycles. The molecule has 0 bridgehead atoms. The smallest absolute Gasteiger partial charge is 0.306 e. The standard InChI is InChI=1S/C15H21NO3/c1-19-14-5-3-2-4-12(14)10-16-13-8-6-11(7-9-13)15(17)18/h2-5,11,13,16H,6-10H2,1H3,(H,17,18). The Balaban J connectivity index is 1.82. The number of rotatable bonds is 5. The molecule has 0 aromatic heterocycles. The van der Waals surface area contributed by atoms with Gasteiger partial charge in [0.05, 0.1) is 13.0 Å². The van der Waals surface area contributed by atoms with Crippen LogP contribution in [-0.4, -0.2) is 24.2 Å². The van der Waals surface area contributed by atoms with E-state index in [0.717, 1.165) is 43.5 Å². The maximum Gasteiger partial charge on any atom is 0.306 e. The number of carboxylic acids is 1. The average Bonchev–Trinajstić information content (AvgIpc) is 2.45. The summed E-state index contributed by atoms with van der Waals surface area (Å²) in [6, 6.07) is 8.38. The summed E-state index contributed by atoms with van der Waals surface area (Å²) in [5, 5.41) is 12.5. The molecule has 1 aliphatic rings. The summed E-state index contributed by atoms with van der Waals surface area (Å²) in [6.07, 6.45) is 3.43. The minimum absolute atomic E-state index is 0.149. The zero-order chi connectivity index (χ0) is 13.7. The number of ether oxygens (including phenoxy) is 1. The fraction of sp³-hybridized carbons (Fsp3) is 0.533. The van der Waals surface area contributed by atoms with Crippen LogP contribution in [0.2, 0.25) is 0 Å². The molecule has 1 fully saturated rings. The lowest BCUT2D eigenvalue weighted by atomic mass is 9.86. The maximum atomic E-state index is 10.9. The fourth-order valence-corrected chi connectivity index (χ4v) is 2.65. The van der Waals surface area contributed by atoms with Crippen molar-refractivity contribution < 1.29 is 14.6 Å². The van der Waals surface area contributed by atoms with Gasteiger partial charge < -0.3 is 15.2 Å². The number of aliphatic carboxylic acids is 1. The van der Waals surface area contributed by atoms with Crippen molar-refractivity contribution in [1.29, 1.82) is 0 Å². The first-order valence-electron chi connectivity index (χ1n) is 6.78. The van der Waals surface area contributed by atoms with Gasteiger partial charge in [-0.1, -0.05) is 18.2 Å². The largest absolute Gasteiger partial charge is 0.496 e. The van der Waals surface area contributed by atoms with Crippen molar-refractivity contribution in [2.75, 3.05) is 7.11 Å². The first-order chi connectivity index (χ1) is 9.20. The first kappa shape index (κ1) is 13.9. The lowest BCUT2D eigenvalue weighted by Gasteiger charge is -2.27. The van der Waals surface area contributed by atoms with Gasteiger partial charge in [0.1, 0.15) is 5.75 Å². The Bertz CT molecular complexity index is 425. The van der Waals surface area contributed by atoms with Crippen molar-refractivity contribution in [3.63, 3.8) is 0 Å². The van der Waals surface area contributed by atoms with E-state index in [-0.39, 0.29) is 5.92 Å². The number of hydrogen-bond acceptors (Lipinski definition) is 3. The predicted molar refractivity (Wildman–Crippen MR) is 73.2 cm³/mol. The van der Waals surface area contributed by atoms with Crippen LogP contribution in [0.1, 0.15) is 31.2 Å². The van der Waals surface area contributed by atoms with Crippen molar-refractivity contribution in [3.8, 4) is 5.75 Å². The Morgan fingerprint density at radius 3 is 2.63 bits per heavy atom. The highest BCUT2D eigenvalue weighted by Crippen LogP contribution is 2.25. The van der Waals surface area contributed by atoms with E-state index in [1.54, 1.807) is 7.11 Å². The van der Waals surface area contributed by atoms with Crippen LogP contribution in [-0.2, 0) is 11.3 Å². The van der Waals surface area contributed by atoms with Crippen molar-refractivity contribution in [2.45, 2.75) is 38.3 Å². The molecule has 2 rings (SSSR count). The second-order valence-corrected chi connectivity index (χ2v) is 5.08. The van der Waals surface area contributed by atoms with E-state index >= 15 is 0 Å². The summed E-state index contributed by atoms with van der Waals surface area (Å²) >= 11 is 0. The quantitative estimate of drug-likeness (QED) is 0.856. The van der Waals surface area contributed by atoms with Crippen LogP contribution in [0.3, 0.4) is 0 Å². The van der Waals surface area contributed by atoms with Crippen molar-refractivity contribution in [1.82, 2.24) is 5.32 Å². The summed E-state index contributed by atoms with van der Waals surface area (Å²) < 4.78 is 5.32. The molecule has 0 heterocycles. The van der Waals surface area contributed by atoms with E-state index in [1.807, 2.05) is 18.2 Å². The summed E-state index contributed by atoms with van der Waals surface area (Å²) in [7, 11) is 1.68. The van der Waals surface area contributed by atoms with Gasteiger partial charge in [0.2, 0.25) is 0 Å². The molecule has 0 aliphatic heterocycles. The van der Waals surface area contributed by atoms with Gasteiger partial charge in [-0.3, -0.25) is 4.79 Å². The molecule has 0 unspecified atom stereocenters. The van der Waals surface area contributed by atoms with Gasteiger partial charge in [0.15, 0.2) is 0 Å². The van der Waals surface area contributed by atoms with Crippen LogP contribution >= 0.6 is 0 Å². The van der Waals surface area contributed by atoms with Crippen LogP contribution in [0.15, 0.2) is 24.3 Å². The number of carbonyl (C=O) groups is 1. The molecule has 1 aromatic rings. The van der Waals surface area contributed by atoms with Gasteiger partial charge in [-0.05, 0) is 31.7 Å². The minimum atomic E-state index is -0.650. The molecule has 0 radical (unpaired) electrons. The SMILES string of the molecule is COc1ccccc1CNC1CCC(C(=O)O)CC1. The van der Waals surface area contributed by atoms with Gasteiger partial charge >= 0.3 is 5.97 Å². The highest BCUT2D eigenvalue weighted by molar-refractivity contribution is 5.70. The third-order valence-electron chi connectivity index (χ3n) is 3.85. The second-order valence-electron chi connectivity index (χ2n) is 5.08. The van der Waals surface area contributed by atoms with E-state index in [1.165, 1.54) is 0 Å². The van der Waals surface area contributed by atoms with Gasteiger partial charge in [-0.2, -0.15) is 0 Å². The number of methoxy groups -OCH3 is 1. The van der Waals surface area contributed by atoms with Crippen LogP contribution < -0.4 is 10.1 Å². The van der Waals surface area contributed by atoms with E-state index in [0.29, 0.717) is 6.04 Å².